The molecule has 4 nitrogen and oxygen atoms in total. The molecule has 0 spiro atoms. The van der Waals surface area contributed by atoms with Crippen molar-refractivity contribution in [2.24, 2.45) is 10.7 Å². The first-order chi connectivity index (χ1) is 13.5. The molecule has 3 aromatic rings. The van der Waals surface area contributed by atoms with E-state index in [9.17, 15) is 0 Å². The minimum absolute atomic E-state index is 0.486. The van der Waals surface area contributed by atoms with Gasteiger partial charge in [0.05, 0.1) is 6.54 Å². The topological polar surface area (TPSA) is 44.9 Å². The van der Waals surface area contributed by atoms with Crippen LogP contribution in [-0.4, -0.2) is 38.5 Å². The number of hydrogen-bond acceptors (Lipinski definition) is 4. The Hall–Kier alpha value is -3.27. The Bertz CT molecular complexity index is 993. The summed E-state index contributed by atoms with van der Waals surface area (Å²) in [4.78, 5) is 9.05. The Kier molecular flexibility index (Phi) is 4.55. The molecule has 1 heterocycles. The lowest BCUT2D eigenvalue weighted by Gasteiger charge is -2.28. The highest BCUT2D eigenvalue weighted by atomic mass is 15.3. The average Bonchev–Trinajstić information content (AvgIpc) is 3.04. The molecule has 28 heavy (non-hydrogen) atoms. The fraction of sp³-hybridized carbons (Fsp3) is 0.208. The van der Waals surface area contributed by atoms with Crippen molar-refractivity contribution in [3.05, 3.63) is 90.0 Å². The zero-order valence-corrected chi connectivity index (χ0v) is 16.6. The van der Waals surface area contributed by atoms with Crippen LogP contribution in [-0.2, 0) is 5.54 Å². The summed E-state index contributed by atoms with van der Waals surface area (Å²) in [6.07, 6.45) is 0. The maximum Gasteiger partial charge on any atom is 0.192 e. The predicted octanol–water partition coefficient (Wildman–Crippen LogP) is 3.92. The number of hydrogen-bond donors (Lipinski definition) is 1. The third kappa shape index (κ3) is 3.11. The van der Waals surface area contributed by atoms with Gasteiger partial charge in [-0.1, -0.05) is 60.7 Å². The van der Waals surface area contributed by atoms with Gasteiger partial charge in [-0.3, -0.25) is 0 Å². The van der Waals surface area contributed by atoms with E-state index >= 15 is 0 Å². The molecule has 3 aromatic carbocycles. The standard InChI is InChI=1S/C24H26N4/c1-27(2)22-14-12-18(13-15-22)19-8-7-11-21(16-19)24(17-28(3)23(25)26-24)20-9-5-4-6-10-20/h4-16H,17H2,1-3H3,(H2,25,26). The summed E-state index contributed by atoms with van der Waals surface area (Å²) < 4.78 is 0. The lowest BCUT2D eigenvalue weighted by atomic mass is 9.82. The minimum atomic E-state index is -0.486. The van der Waals surface area contributed by atoms with E-state index in [0.717, 1.165) is 17.7 Å². The molecule has 0 bridgehead atoms. The number of benzene rings is 3. The van der Waals surface area contributed by atoms with Crippen LogP contribution < -0.4 is 10.6 Å². The first kappa shape index (κ1) is 18.1. The molecular formula is C24H26N4. The van der Waals surface area contributed by atoms with Crippen molar-refractivity contribution < 1.29 is 0 Å². The van der Waals surface area contributed by atoms with E-state index in [1.165, 1.54) is 16.8 Å². The van der Waals surface area contributed by atoms with Gasteiger partial charge in [0, 0.05) is 26.8 Å². The Labute approximate surface area is 166 Å². The van der Waals surface area contributed by atoms with Crippen LogP contribution in [0.3, 0.4) is 0 Å². The van der Waals surface area contributed by atoms with Crippen molar-refractivity contribution in [3.8, 4) is 11.1 Å². The van der Waals surface area contributed by atoms with Gasteiger partial charge in [0.1, 0.15) is 5.54 Å². The van der Waals surface area contributed by atoms with Crippen molar-refractivity contribution in [2.45, 2.75) is 5.54 Å². The maximum atomic E-state index is 6.19. The summed E-state index contributed by atoms with van der Waals surface area (Å²) in [7, 11) is 6.10. The summed E-state index contributed by atoms with van der Waals surface area (Å²) in [5.74, 6) is 0.574. The highest BCUT2D eigenvalue weighted by Gasteiger charge is 2.40. The predicted molar refractivity (Wildman–Crippen MR) is 118 cm³/mol. The zero-order chi connectivity index (χ0) is 19.7. The third-order valence-electron chi connectivity index (χ3n) is 5.47. The number of aliphatic imine (C=N–C) groups is 1. The first-order valence-electron chi connectivity index (χ1n) is 9.50. The van der Waals surface area contributed by atoms with E-state index in [1.807, 2.05) is 18.0 Å². The van der Waals surface area contributed by atoms with Gasteiger partial charge in [-0.2, -0.15) is 0 Å². The van der Waals surface area contributed by atoms with E-state index in [0.29, 0.717) is 5.96 Å². The van der Waals surface area contributed by atoms with Gasteiger partial charge in [-0.25, -0.2) is 4.99 Å². The molecule has 1 unspecified atom stereocenters. The fourth-order valence-electron chi connectivity index (χ4n) is 3.84. The molecule has 0 saturated carbocycles. The van der Waals surface area contributed by atoms with Gasteiger partial charge in [0.15, 0.2) is 5.96 Å². The molecule has 1 atom stereocenters. The first-order valence-corrected chi connectivity index (χ1v) is 9.50. The summed E-state index contributed by atoms with van der Waals surface area (Å²) >= 11 is 0. The highest BCUT2D eigenvalue weighted by Crippen LogP contribution is 2.39. The lowest BCUT2D eigenvalue weighted by molar-refractivity contribution is 0.432. The van der Waals surface area contributed by atoms with Gasteiger partial charge in [-0.05, 0) is 40.5 Å². The van der Waals surface area contributed by atoms with E-state index in [1.54, 1.807) is 0 Å². The minimum Gasteiger partial charge on any atom is -0.378 e. The average molecular weight is 371 g/mol. The van der Waals surface area contributed by atoms with Gasteiger partial charge in [-0.15, -0.1) is 0 Å². The highest BCUT2D eigenvalue weighted by molar-refractivity contribution is 5.82. The molecule has 0 amide bonds. The quantitative estimate of drug-likeness (QED) is 0.757. The third-order valence-corrected chi connectivity index (χ3v) is 5.47. The van der Waals surface area contributed by atoms with E-state index < -0.39 is 5.54 Å². The smallest absolute Gasteiger partial charge is 0.192 e. The van der Waals surface area contributed by atoms with Crippen LogP contribution >= 0.6 is 0 Å². The fourth-order valence-corrected chi connectivity index (χ4v) is 3.84. The number of nitrogens with two attached hydrogens (primary N) is 1. The molecule has 0 aliphatic carbocycles. The van der Waals surface area contributed by atoms with E-state index in [2.05, 4.69) is 91.8 Å². The Morgan fingerprint density at radius 1 is 0.857 bits per heavy atom. The van der Waals surface area contributed by atoms with Crippen molar-refractivity contribution in [1.82, 2.24) is 4.90 Å². The van der Waals surface area contributed by atoms with Crippen LogP contribution in [0.5, 0.6) is 0 Å². The van der Waals surface area contributed by atoms with Crippen LogP contribution in [0.15, 0.2) is 83.9 Å². The second kappa shape index (κ2) is 7.04. The summed E-state index contributed by atoms with van der Waals surface area (Å²) in [5.41, 5.74) is 11.6. The number of guanidine groups is 1. The second-order valence-electron chi connectivity index (χ2n) is 7.57. The second-order valence-corrected chi connectivity index (χ2v) is 7.57. The molecule has 0 fully saturated rings. The largest absolute Gasteiger partial charge is 0.378 e. The van der Waals surface area contributed by atoms with Gasteiger partial charge in [0.2, 0.25) is 0 Å². The van der Waals surface area contributed by atoms with Gasteiger partial charge >= 0.3 is 0 Å². The molecule has 2 N–H and O–H groups in total. The maximum absolute atomic E-state index is 6.19. The Morgan fingerprint density at radius 2 is 1.54 bits per heavy atom. The molecule has 4 heteroatoms. The number of likely N-dealkylation sites (N-methyl/N-ethyl adjacent to an activating group) is 1. The monoisotopic (exact) mass is 370 g/mol. The normalized spacial score (nSPS) is 18.8. The van der Waals surface area contributed by atoms with Crippen molar-refractivity contribution in [2.75, 3.05) is 32.6 Å². The van der Waals surface area contributed by atoms with E-state index in [-0.39, 0.29) is 0 Å². The number of rotatable bonds is 4. The summed E-state index contributed by atoms with van der Waals surface area (Å²) in [6.45, 7) is 0.728. The number of nitrogens with zero attached hydrogens (tertiary/aromatic N) is 3. The molecular weight excluding hydrogens is 344 g/mol. The van der Waals surface area contributed by atoms with Crippen molar-refractivity contribution >= 4 is 11.6 Å². The van der Waals surface area contributed by atoms with Crippen LogP contribution in [0.25, 0.3) is 11.1 Å². The number of anilines is 1. The van der Waals surface area contributed by atoms with Crippen LogP contribution in [0, 0.1) is 0 Å². The molecule has 0 aromatic heterocycles. The Balaban J connectivity index is 1.80. The van der Waals surface area contributed by atoms with Crippen molar-refractivity contribution in [3.63, 3.8) is 0 Å². The van der Waals surface area contributed by atoms with Crippen LogP contribution in [0.4, 0.5) is 5.69 Å². The molecule has 4 rings (SSSR count). The molecule has 1 aliphatic rings. The van der Waals surface area contributed by atoms with Crippen LogP contribution in [0.2, 0.25) is 0 Å². The Morgan fingerprint density at radius 3 is 2.14 bits per heavy atom. The van der Waals surface area contributed by atoms with Gasteiger partial charge in [0.25, 0.3) is 0 Å². The lowest BCUT2D eigenvalue weighted by Crippen LogP contribution is -2.34. The van der Waals surface area contributed by atoms with Crippen LogP contribution in [0.1, 0.15) is 11.1 Å². The zero-order valence-electron chi connectivity index (χ0n) is 16.6. The molecule has 1 aliphatic heterocycles. The van der Waals surface area contributed by atoms with Gasteiger partial charge < -0.3 is 15.5 Å². The van der Waals surface area contributed by atoms with E-state index in [4.69, 9.17) is 10.7 Å². The van der Waals surface area contributed by atoms with Crippen molar-refractivity contribution in [1.29, 1.82) is 0 Å². The summed E-state index contributed by atoms with van der Waals surface area (Å²) in [5, 5.41) is 0. The molecule has 0 saturated heterocycles. The molecule has 0 radical (unpaired) electrons. The molecule has 142 valence electrons. The summed E-state index contributed by atoms with van der Waals surface area (Å²) in [6, 6.07) is 27.7. The SMILES string of the molecule is CN1CC(c2ccccc2)(c2cccc(-c3ccc(N(C)C)cc3)c2)N=C1N.